The number of H-pyrrole nitrogens is 1. The van der Waals surface area contributed by atoms with Crippen molar-refractivity contribution in [3.8, 4) is 0 Å². The molecule has 4 aromatic rings. The maximum atomic E-state index is 12.8. The van der Waals surface area contributed by atoms with Crippen LogP contribution in [-0.4, -0.2) is 19.3 Å². The Morgan fingerprint density at radius 2 is 1.79 bits per heavy atom. The van der Waals surface area contributed by atoms with Crippen LogP contribution < -0.4 is 15.8 Å². The van der Waals surface area contributed by atoms with Gasteiger partial charge in [-0.25, -0.2) is 13.2 Å². The average Bonchev–Trinajstić information content (AvgIpc) is 3.29. The summed E-state index contributed by atoms with van der Waals surface area (Å²) in [6.45, 7) is 1.90. The summed E-state index contributed by atoms with van der Waals surface area (Å²) in [5.74, 6) is -1.17. The predicted molar refractivity (Wildman–Crippen MR) is 111 cm³/mol. The van der Waals surface area contributed by atoms with Crippen molar-refractivity contribution in [3.63, 3.8) is 0 Å². The van der Waals surface area contributed by atoms with Gasteiger partial charge in [0.1, 0.15) is 9.77 Å². The number of anilines is 2. The minimum absolute atomic E-state index is 0.0467. The molecule has 0 bridgehead atoms. The number of aromatic nitrogens is 1. The second-order valence-electron chi connectivity index (χ2n) is 6.27. The summed E-state index contributed by atoms with van der Waals surface area (Å²) in [7, 11) is -3.95. The monoisotopic (exact) mass is 429 g/mol. The number of aromatic amines is 1. The Balaban J connectivity index is 1.59. The van der Waals surface area contributed by atoms with Gasteiger partial charge in [-0.3, -0.25) is 14.5 Å². The molecule has 2 heterocycles. The highest BCUT2D eigenvalue weighted by Crippen LogP contribution is 2.26. The fraction of sp³-hybridized carbons (Fsp3) is 0.0526. The van der Waals surface area contributed by atoms with Gasteiger partial charge >= 0.3 is 5.76 Å². The molecule has 29 heavy (non-hydrogen) atoms. The SMILES string of the molecule is Cc1ccc(NS(=O)(=O)c2ccsc2C(=O)Nc2ccc3oc(=O)[nH]c3c2)cc1. The summed E-state index contributed by atoms with van der Waals surface area (Å²) >= 11 is 1.02. The third kappa shape index (κ3) is 3.93. The van der Waals surface area contributed by atoms with Crippen molar-refractivity contribution < 1.29 is 17.6 Å². The Kier molecular flexibility index (Phi) is 4.73. The Morgan fingerprint density at radius 1 is 1.07 bits per heavy atom. The number of hydrogen-bond donors (Lipinski definition) is 3. The first-order valence-electron chi connectivity index (χ1n) is 8.43. The number of oxazole rings is 1. The summed E-state index contributed by atoms with van der Waals surface area (Å²) in [4.78, 5) is 26.4. The highest BCUT2D eigenvalue weighted by atomic mass is 32.2. The summed E-state index contributed by atoms with van der Waals surface area (Å²) in [5, 5.41) is 4.18. The van der Waals surface area contributed by atoms with E-state index in [9.17, 15) is 18.0 Å². The van der Waals surface area contributed by atoms with Crippen LogP contribution in [0, 0.1) is 6.92 Å². The standard InChI is InChI=1S/C19H15N3O5S2/c1-11-2-4-12(5-3-11)22-29(25,26)16-8-9-28-17(16)18(23)20-13-6-7-15-14(10-13)21-19(24)27-15/h2-10,22H,1H3,(H,20,23)(H,21,24). The minimum Gasteiger partial charge on any atom is -0.408 e. The van der Waals surface area contributed by atoms with Crippen molar-refractivity contribution in [1.82, 2.24) is 4.98 Å². The van der Waals surface area contributed by atoms with E-state index in [-0.39, 0.29) is 9.77 Å². The fourth-order valence-corrected chi connectivity index (χ4v) is 5.11. The highest BCUT2D eigenvalue weighted by Gasteiger charge is 2.24. The lowest BCUT2D eigenvalue weighted by molar-refractivity contribution is 0.102. The van der Waals surface area contributed by atoms with Gasteiger partial charge in [0, 0.05) is 11.4 Å². The minimum atomic E-state index is -3.95. The lowest BCUT2D eigenvalue weighted by atomic mass is 10.2. The zero-order chi connectivity index (χ0) is 20.6. The first-order chi connectivity index (χ1) is 13.8. The number of rotatable bonds is 5. The number of nitrogens with one attached hydrogen (secondary N) is 3. The molecule has 0 saturated heterocycles. The van der Waals surface area contributed by atoms with Crippen molar-refractivity contribution in [2.75, 3.05) is 10.0 Å². The molecule has 148 valence electrons. The van der Waals surface area contributed by atoms with Gasteiger partial charge in [0.2, 0.25) is 0 Å². The van der Waals surface area contributed by atoms with Crippen molar-refractivity contribution in [2.24, 2.45) is 0 Å². The highest BCUT2D eigenvalue weighted by molar-refractivity contribution is 7.93. The van der Waals surface area contributed by atoms with Gasteiger partial charge in [0.05, 0.1) is 5.52 Å². The Hall–Kier alpha value is -3.37. The molecule has 2 aromatic heterocycles. The maximum absolute atomic E-state index is 12.8. The van der Waals surface area contributed by atoms with Crippen LogP contribution in [0.15, 0.2) is 68.0 Å². The molecule has 0 aliphatic heterocycles. The van der Waals surface area contributed by atoms with E-state index in [0.717, 1.165) is 16.9 Å². The zero-order valence-corrected chi connectivity index (χ0v) is 16.7. The second-order valence-corrected chi connectivity index (χ2v) is 8.83. The lowest BCUT2D eigenvalue weighted by Crippen LogP contribution is -2.18. The van der Waals surface area contributed by atoms with Crippen molar-refractivity contribution >= 4 is 49.7 Å². The summed E-state index contributed by atoms with van der Waals surface area (Å²) < 4.78 is 32.9. The van der Waals surface area contributed by atoms with Gasteiger partial charge in [0.25, 0.3) is 15.9 Å². The van der Waals surface area contributed by atoms with E-state index < -0.39 is 21.7 Å². The molecule has 0 aliphatic carbocycles. The quantitative estimate of drug-likeness (QED) is 0.448. The zero-order valence-electron chi connectivity index (χ0n) is 15.1. The molecule has 0 aliphatic rings. The number of benzene rings is 2. The molecule has 0 atom stereocenters. The number of thiophene rings is 1. The molecule has 10 heteroatoms. The average molecular weight is 429 g/mol. The van der Waals surface area contributed by atoms with Gasteiger partial charge in [-0.1, -0.05) is 17.7 Å². The predicted octanol–water partition coefficient (Wildman–Crippen LogP) is 3.54. The van der Waals surface area contributed by atoms with E-state index >= 15 is 0 Å². The number of aryl methyl sites for hydroxylation is 1. The van der Waals surface area contributed by atoms with Crippen LogP contribution in [0.1, 0.15) is 15.2 Å². The number of fused-ring (bicyclic) bond motifs is 1. The maximum Gasteiger partial charge on any atom is 0.417 e. The molecule has 2 aromatic carbocycles. The van der Waals surface area contributed by atoms with Crippen molar-refractivity contribution in [3.05, 3.63) is 74.9 Å². The molecule has 0 fully saturated rings. The van der Waals surface area contributed by atoms with Crippen LogP contribution in [0.25, 0.3) is 11.1 Å². The fourth-order valence-electron chi connectivity index (χ4n) is 2.72. The number of carbonyl (C=O) groups excluding carboxylic acids is 1. The van der Waals surface area contributed by atoms with Gasteiger partial charge in [0.15, 0.2) is 5.58 Å². The summed E-state index contributed by atoms with van der Waals surface area (Å²) in [5.41, 5.74) is 2.58. The Labute approximate surface area is 169 Å². The number of hydrogen-bond acceptors (Lipinski definition) is 6. The van der Waals surface area contributed by atoms with E-state index in [0.29, 0.717) is 22.5 Å². The lowest BCUT2D eigenvalue weighted by Gasteiger charge is -2.10. The molecule has 0 unspecified atom stereocenters. The molecule has 8 nitrogen and oxygen atoms in total. The van der Waals surface area contributed by atoms with Crippen LogP contribution in [-0.2, 0) is 10.0 Å². The van der Waals surface area contributed by atoms with Gasteiger partial charge in [-0.15, -0.1) is 11.3 Å². The van der Waals surface area contributed by atoms with Crippen LogP contribution in [0.3, 0.4) is 0 Å². The van der Waals surface area contributed by atoms with E-state index in [4.69, 9.17) is 4.42 Å². The number of amides is 1. The van der Waals surface area contributed by atoms with Crippen LogP contribution >= 0.6 is 11.3 Å². The third-order valence-electron chi connectivity index (χ3n) is 4.11. The van der Waals surface area contributed by atoms with E-state index in [2.05, 4.69) is 15.0 Å². The normalized spacial score (nSPS) is 11.5. The van der Waals surface area contributed by atoms with Gasteiger partial charge in [-0.2, -0.15) is 0 Å². The smallest absolute Gasteiger partial charge is 0.408 e. The van der Waals surface area contributed by atoms with Gasteiger partial charge in [-0.05, 0) is 48.7 Å². The second kappa shape index (κ2) is 7.22. The number of sulfonamides is 1. The summed E-state index contributed by atoms with van der Waals surface area (Å²) in [6.07, 6.45) is 0. The Morgan fingerprint density at radius 3 is 2.55 bits per heavy atom. The van der Waals surface area contributed by atoms with Crippen molar-refractivity contribution in [2.45, 2.75) is 11.8 Å². The number of carbonyl (C=O) groups is 1. The van der Waals surface area contributed by atoms with Crippen molar-refractivity contribution in [1.29, 1.82) is 0 Å². The molecule has 4 rings (SSSR count). The topological polar surface area (TPSA) is 121 Å². The first kappa shape index (κ1) is 19.0. The largest absolute Gasteiger partial charge is 0.417 e. The Bertz CT molecular complexity index is 1360. The third-order valence-corrected chi connectivity index (χ3v) is 6.57. The molecular formula is C19H15N3O5S2. The molecule has 0 radical (unpaired) electrons. The molecule has 0 spiro atoms. The van der Waals surface area contributed by atoms with E-state index in [1.54, 1.807) is 30.3 Å². The van der Waals surface area contributed by atoms with E-state index in [1.165, 1.54) is 23.6 Å². The molecule has 0 saturated carbocycles. The van der Waals surface area contributed by atoms with Crippen LogP contribution in [0.2, 0.25) is 0 Å². The van der Waals surface area contributed by atoms with Crippen LogP contribution in [0.4, 0.5) is 11.4 Å². The van der Waals surface area contributed by atoms with E-state index in [1.807, 2.05) is 6.92 Å². The summed E-state index contributed by atoms with van der Waals surface area (Å²) in [6, 6.07) is 12.9. The molecule has 3 N–H and O–H groups in total. The van der Waals surface area contributed by atoms with Crippen LogP contribution in [0.5, 0.6) is 0 Å². The van der Waals surface area contributed by atoms with Gasteiger partial charge < -0.3 is 9.73 Å². The first-order valence-corrected chi connectivity index (χ1v) is 10.8. The molecule has 1 amide bonds. The molecular weight excluding hydrogens is 414 g/mol.